The molecule has 0 N–H and O–H groups in total. The zero-order chi connectivity index (χ0) is 21.3. The Kier molecular flexibility index (Phi) is 7.80. The fourth-order valence-corrected chi connectivity index (χ4v) is 3.86. The molecule has 2 aromatic rings. The number of carbonyl (C=O) groups is 2. The highest BCUT2D eigenvalue weighted by Gasteiger charge is 2.31. The second kappa shape index (κ2) is 10.7. The maximum atomic E-state index is 13.1. The fourth-order valence-electron chi connectivity index (χ4n) is 3.86. The summed E-state index contributed by atoms with van der Waals surface area (Å²) in [4.78, 5) is 29.3. The van der Waals surface area contributed by atoms with E-state index in [4.69, 9.17) is 4.74 Å². The highest BCUT2D eigenvalue weighted by atomic mass is 16.5. The largest absolute Gasteiger partial charge is 0.384 e. The van der Waals surface area contributed by atoms with Crippen LogP contribution < -0.4 is 0 Å². The number of hydrogen-bond acceptors (Lipinski definition) is 3. The topological polar surface area (TPSA) is 49.9 Å². The molecule has 2 aromatic carbocycles. The van der Waals surface area contributed by atoms with Gasteiger partial charge < -0.3 is 14.5 Å². The summed E-state index contributed by atoms with van der Waals surface area (Å²) in [6.07, 6.45) is 2.69. The van der Waals surface area contributed by atoms with Gasteiger partial charge in [0.1, 0.15) is 0 Å². The van der Waals surface area contributed by atoms with Crippen molar-refractivity contribution >= 4 is 11.8 Å². The van der Waals surface area contributed by atoms with E-state index in [0.29, 0.717) is 45.6 Å². The van der Waals surface area contributed by atoms with Crippen molar-refractivity contribution in [2.75, 3.05) is 39.9 Å². The first-order valence-electron chi connectivity index (χ1n) is 10.4. The second-order valence-electron chi connectivity index (χ2n) is 7.62. The van der Waals surface area contributed by atoms with Gasteiger partial charge in [-0.1, -0.05) is 60.7 Å². The van der Waals surface area contributed by atoms with Crippen molar-refractivity contribution in [3.8, 4) is 11.1 Å². The van der Waals surface area contributed by atoms with E-state index in [0.717, 1.165) is 11.1 Å². The molecular weight excluding hydrogens is 376 g/mol. The van der Waals surface area contributed by atoms with Crippen molar-refractivity contribution in [1.29, 1.82) is 0 Å². The van der Waals surface area contributed by atoms with Crippen LogP contribution >= 0.6 is 0 Å². The fraction of sp³-hybridized carbons (Fsp3) is 0.360. The van der Waals surface area contributed by atoms with Crippen LogP contribution in [0.25, 0.3) is 11.1 Å². The standard InChI is InChI=1S/C25H30N2O3/c1-3-14-26-15-16-27(24(28)13-17-30-2)19-23(25(26)29)18-20-9-11-22(12-10-20)21-7-5-4-6-8-21/h3-12,23H,1,13-19H2,2H3. The van der Waals surface area contributed by atoms with Gasteiger partial charge >= 0.3 is 0 Å². The molecule has 1 atom stereocenters. The van der Waals surface area contributed by atoms with Gasteiger partial charge in [-0.3, -0.25) is 9.59 Å². The van der Waals surface area contributed by atoms with Crippen molar-refractivity contribution in [2.24, 2.45) is 5.92 Å². The molecule has 1 saturated heterocycles. The zero-order valence-electron chi connectivity index (χ0n) is 17.6. The summed E-state index contributed by atoms with van der Waals surface area (Å²) in [5.74, 6) is -0.139. The van der Waals surface area contributed by atoms with Gasteiger partial charge in [0, 0.05) is 33.3 Å². The Hall–Kier alpha value is -2.92. The number of carbonyl (C=O) groups excluding carboxylic acids is 2. The molecule has 158 valence electrons. The Morgan fingerprint density at radius 2 is 1.80 bits per heavy atom. The van der Waals surface area contributed by atoms with E-state index >= 15 is 0 Å². The second-order valence-corrected chi connectivity index (χ2v) is 7.62. The van der Waals surface area contributed by atoms with E-state index in [9.17, 15) is 9.59 Å². The average Bonchev–Trinajstić information content (AvgIpc) is 2.93. The minimum absolute atomic E-state index is 0.0366. The molecule has 0 spiro atoms. The van der Waals surface area contributed by atoms with Crippen LogP contribution in [-0.2, 0) is 20.7 Å². The summed E-state index contributed by atoms with van der Waals surface area (Å²) in [6.45, 7) is 6.19. The van der Waals surface area contributed by atoms with Gasteiger partial charge in [0.05, 0.1) is 18.9 Å². The molecule has 30 heavy (non-hydrogen) atoms. The maximum absolute atomic E-state index is 13.1. The van der Waals surface area contributed by atoms with E-state index in [1.165, 1.54) is 5.56 Å². The molecule has 0 aliphatic carbocycles. The van der Waals surface area contributed by atoms with Crippen LogP contribution in [-0.4, -0.2) is 61.5 Å². The van der Waals surface area contributed by atoms with Gasteiger partial charge in [0.15, 0.2) is 0 Å². The molecule has 1 aliphatic heterocycles. The molecule has 3 rings (SSSR count). The summed E-state index contributed by atoms with van der Waals surface area (Å²) in [7, 11) is 1.59. The van der Waals surface area contributed by atoms with Crippen molar-refractivity contribution in [1.82, 2.24) is 9.80 Å². The summed E-state index contributed by atoms with van der Waals surface area (Å²) >= 11 is 0. The van der Waals surface area contributed by atoms with E-state index in [2.05, 4.69) is 43.0 Å². The molecule has 1 unspecified atom stereocenters. The Bertz CT molecular complexity index is 848. The van der Waals surface area contributed by atoms with Crippen LogP contribution in [0.1, 0.15) is 12.0 Å². The lowest BCUT2D eigenvalue weighted by molar-refractivity contribution is -0.134. The predicted octanol–water partition coefficient (Wildman–Crippen LogP) is 3.41. The van der Waals surface area contributed by atoms with Crippen LogP contribution in [0.4, 0.5) is 0 Å². The molecule has 0 bridgehead atoms. The molecule has 5 nitrogen and oxygen atoms in total. The molecule has 0 saturated carbocycles. The molecule has 1 aliphatic rings. The monoisotopic (exact) mass is 406 g/mol. The zero-order valence-corrected chi connectivity index (χ0v) is 17.6. The van der Waals surface area contributed by atoms with Gasteiger partial charge in [-0.2, -0.15) is 0 Å². The molecule has 1 heterocycles. The number of amides is 2. The van der Waals surface area contributed by atoms with E-state index in [1.54, 1.807) is 18.1 Å². The summed E-state index contributed by atoms with van der Waals surface area (Å²) in [5, 5.41) is 0. The van der Waals surface area contributed by atoms with Crippen molar-refractivity contribution in [3.63, 3.8) is 0 Å². The third kappa shape index (κ3) is 5.57. The Balaban J connectivity index is 1.75. The maximum Gasteiger partial charge on any atom is 0.228 e. The van der Waals surface area contributed by atoms with Crippen LogP contribution in [0.15, 0.2) is 67.3 Å². The van der Waals surface area contributed by atoms with Crippen LogP contribution in [0.5, 0.6) is 0 Å². The summed E-state index contributed by atoms with van der Waals surface area (Å²) in [6, 6.07) is 18.6. The van der Waals surface area contributed by atoms with Gasteiger partial charge in [-0.05, 0) is 23.1 Å². The molecule has 0 radical (unpaired) electrons. The molecular formula is C25H30N2O3. The van der Waals surface area contributed by atoms with Gasteiger partial charge in [-0.15, -0.1) is 6.58 Å². The van der Waals surface area contributed by atoms with Gasteiger partial charge in [-0.25, -0.2) is 0 Å². The Morgan fingerprint density at radius 1 is 1.10 bits per heavy atom. The first kappa shape index (κ1) is 21.8. The molecule has 1 fully saturated rings. The van der Waals surface area contributed by atoms with Gasteiger partial charge in [0.2, 0.25) is 11.8 Å². The highest BCUT2D eigenvalue weighted by Crippen LogP contribution is 2.22. The third-order valence-electron chi connectivity index (χ3n) is 5.51. The Morgan fingerprint density at radius 3 is 2.47 bits per heavy atom. The lowest BCUT2D eigenvalue weighted by Crippen LogP contribution is -2.38. The lowest BCUT2D eigenvalue weighted by Gasteiger charge is -2.23. The van der Waals surface area contributed by atoms with Crippen LogP contribution in [0.2, 0.25) is 0 Å². The van der Waals surface area contributed by atoms with E-state index < -0.39 is 0 Å². The predicted molar refractivity (Wildman–Crippen MR) is 119 cm³/mol. The Labute approximate surface area is 178 Å². The van der Waals surface area contributed by atoms with Crippen molar-refractivity contribution < 1.29 is 14.3 Å². The minimum atomic E-state index is -0.262. The van der Waals surface area contributed by atoms with Crippen molar-refractivity contribution in [2.45, 2.75) is 12.8 Å². The third-order valence-corrected chi connectivity index (χ3v) is 5.51. The van der Waals surface area contributed by atoms with E-state index in [-0.39, 0.29) is 17.7 Å². The smallest absolute Gasteiger partial charge is 0.228 e. The van der Waals surface area contributed by atoms with Crippen LogP contribution in [0, 0.1) is 5.92 Å². The number of benzene rings is 2. The number of nitrogens with zero attached hydrogens (tertiary/aromatic N) is 2. The minimum Gasteiger partial charge on any atom is -0.384 e. The highest BCUT2D eigenvalue weighted by molar-refractivity contribution is 5.82. The normalized spacial score (nSPS) is 17.0. The summed E-state index contributed by atoms with van der Waals surface area (Å²) < 4.78 is 5.05. The number of hydrogen-bond donors (Lipinski definition) is 0. The number of ether oxygens (including phenoxy) is 1. The first-order valence-corrected chi connectivity index (χ1v) is 10.4. The van der Waals surface area contributed by atoms with Gasteiger partial charge in [0.25, 0.3) is 0 Å². The molecule has 0 aromatic heterocycles. The quantitative estimate of drug-likeness (QED) is 0.632. The number of methoxy groups -OCH3 is 1. The molecule has 5 heteroatoms. The van der Waals surface area contributed by atoms with Crippen molar-refractivity contribution in [3.05, 3.63) is 72.8 Å². The van der Waals surface area contributed by atoms with Crippen LogP contribution in [0.3, 0.4) is 0 Å². The number of rotatable bonds is 8. The van der Waals surface area contributed by atoms with E-state index in [1.807, 2.05) is 23.1 Å². The SMILES string of the molecule is C=CCN1CCN(C(=O)CCOC)CC(Cc2ccc(-c3ccccc3)cc2)C1=O. The first-order chi connectivity index (χ1) is 14.6. The summed E-state index contributed by atoms with van der Waals surface area (Å²) in [5.41, 5.74) is 3.41. The lowest BCUT2D eigenvalue weighted by atomic mass is 9.95. The average molecular weight is 407 g/mol. The molecule has 2 amide bonds.